The predicted octanol–water partition coefficient (Wildman–Crippen LogP) is 3.16. The van der Waals surface area contributed by atoms with Gasteiger partial charge in [-0.3, -0.25) is 0 Å². The van der Waals surface area contributed by atoms with Gasteiger partial charge in [0.15, 0.2) is 11.6 Å². The molecular weight excluding hydrogens is 264 g/mol. The molecule has 0 aliphatic rings. The summed E-state index contributed by atoms with van der Waals surface area (Å²) in [6.07, 6.45) is 2.19. The van der Waals surface area contributed by atoms with Gasteiger partial charge >= 0.3 is 0 Å². The number of nitrogens with two attached hydrogens (primary N) is 1. The van der Waals surface area contributed by atoms with Crippen molar-refractivity contribution >= 4 is 11.8 Å². The topological polar surface area (TPSA) is 73.1 Å². The Labute approximate surface area is 125 Å². The highest BCUT2D eigenvalue weighted by molar-refractivity contribution is 5.54. The normalized spacial score (nSPS) is 10.4. The first kappa shape index (κ1) is 15.1. The number of hydrogen-bond acceptors (Lipinski definition) is 5. The Morgan fingerprint density at radius 2 is 1.95 bits per heavy atom. The van der Waals surface area contributed by atoms with Gasteiger partial charge in [0.05, 0.1) is 5.69 Å². The van der Waals surface area contributed by atoms with Crippen molar-refractivity contribution in [2.45, 2.75) is 33.3 Å². The van der Waals surface area contributed by atoms with Crippen LogP contribution in [0.25, 0.3) is 0 Å². The molecule has 0 aliphatic heterocycles. The Bertz CT molecular complexity index is 572. The van der Waals surface area contributed by atoms with Crippen molar-refractivity contribution in [1.29, 1.82) is 0 Å². The number of aryl methyl sites for hydroxylation is 1. The number of unbranched alkanes of at least 4 members (excludes halogenated alkanes) is 1. The second-order valence-corrected chi connectivity index (χ2v) is 4.90. The number of ether oxygens (including phenoxy) is 1. The number of nitrogens with one attached hydrogen (secondary N) is 1. The van der Waals surface area contributed by atoms with Crippen molar-refractivity contribution in [2.24, 2.45) is 0 Å². The lowest BCUT2D eigenvalue weighted by Gasteiger charge is -2.14. The minimum Gasteiger partial charge on any atom is -0.483 e. The summed E-state index contributed by atoms with van der Waals surface area (Å²) in [7, 11) is 0. The van der Waals surface area contributed by atoms with Gasteiger partial charge in [-0.2, -0.15) is 4.98 Å². The van der Waals surface area contributed by atoms with E-state index in [1.54, 1.807) is 0 Å². The van der Waals surface area contributed by atoms with Crippen LogP contribution in [0.4, 0.5) is 11.8 Å². The number of rotatable bonds is 7. The lowest BCUT2D eigenvalue weighted by molar-refractivity contribution is 0.303. The number of aromatic nitrogens is 2. The first-order valence-electron chi connectivity index (χ1n) is 7.25. The van der Waals surface area contributed by atoms with E-state index in [1.165, 1.54) is 0 Å². The van der Waals surface area contributed by atoms with Crippen molar-refractivity contribution in [3.05, 3.63) is 41.6 Å². The van der Waals surface area contributed by atoms with Gasteiger partial charge in [0.2, 0.25) is 5.95 Å². The third-order valence-corrected chi connectivity index (χ3v) is 3.10. The van der Waals surface area contributed by atoms with Crippen LogP contribution in [-0.2, 0) is 6.61 Å². The summed E-state index contributed by atoms with van der Waals surface area (Å²) in [5, 5.41) is 3.28. The molecule has 0 saturated heterocycles. The standard InChI is InChI=1S/C16H22N4O/c1-3-4-10-18-15-14(12(2)19-16(17)20-15)21-11-13-8-6-5-7-9-13/h5-9H,3-4,10-11H2,1-2H3,(H3,17,18,19,20). The van der Waals surface area contributed by atoms with Crippen LogP contribution in [0.1, 0.15) is 31.0 Å². The minimum absolute atomic E-state index is 0.263. The SMILES string of the molecule is CCCCNc1nc(N)nc(C)c1OCc1ccccc1. The molecule has 1 aromatic carbocycles. The second kappa shape index (κ2) is 7.47. The summed E-state index contributed by atoms with van der Waals surface area (Å²) in [5.74, 6) is 1.60. The largest absolute Gasteiger partial charge is 0.483 e. The van der Waals surface area contributed by atoms with E-state index >= 15 is 0 Å². The van der Waals surface area contributed by atoms with E-state index in [9.17, 15) is 0 Å². The summed E-state index contributed by atoms with van der Waals surface area (Å²) >= 11 is 0. The Hall–Kier alpha value is -2.30. The fraction of sp³-hybridized carbons (Fsp3) is 0.375. The van der Waals surface area contributed by atoms with Crippen LogP contribution < -0.4 is 15.8 Å². The average molecular weight is 286 g/mol. The first-order chi connectivity index (χ1) is 10.2. The summed E-state index contributed by atoms with van der Waals surface area (Å²) in [6.45, 7) is 5.35. The molecule has 21 heavy (non-hydrogen) atoms. The van der Waals surface area contributed by atoms with E-state index in [1.807, 2.05) is 37.3 Å². The van der Waals surface area contributed by atoms with Gasteiger partial charge in [-0.05, 0) is 18.9 Å². The van der Waals surface area contributed by atoms with Gasteiger partial charge in [0.1, 0.15) is 6.61 Å². The molecule has 0 amide bonds. The van der Waals surface area contributed by atoms with Crippen molar-refractivity contribution in [2.75, 3.05) is 17.6 Å². The number of nitrogen functional groups attached to an aromatic ring is 1. The molecule has 112 valence electrons. The molecule has 0 saturated carbocycles. The smallest absolute Gasteiger partial charge is 0.222 e. The molecule has 0 atom stereocenters. The zero-order valence-electron chi connectivity index (χ0n) is 12.6. The lowest BCUT2D eigenvalue weighted by atomic mass is 10.2. The highest BCUT2D eigenvalue weighted by atomic mass is 16.5. The summed E-state index contributed by atoms with van der Waals surface area (Å²) in [6, 6.07) is 10.0. The Morgan fingerprint density at radius 1 is 1.19 bits per heavy atom. The van der Waals surface area contributed by atoms with Crippen LogP contribution in [0.15, 0.2) is 30.3 Å². The molecular formula is C16H22N4O. The van der Waals surface area contributed by atoms with Crippen LogP contribution in [0.2, 0.25) is 0 Å². The third-order valence-electron chi connectivity index (χ3n) is 3.10. The zero-order chi connectivity index (χ0) is 15.1. The second-order valence-electron chi connectivity index (χ2n) is 4.90. The maximum absolute atomic E-state index is 5.90. The van der Waals surface area contributed by atoms with Crippen LogP contribution in [0, 0.1) is 6.92 Å². The first-order valence-corrected chi connectivity index (χ1v) is 7.25. The van der Waals surface area contributed by atoms with Gasteiger partial charge < -0.3 is 15.8 Å². The van der Waals surface area contributed by atoms with Crippen molar-refractivity contribution in [3.8, 4) is 5.75 Å². The molecule has 0 fully saturated rings. The van der Waals surface area contributed by atoms with E-state index in [4.69, 9.17) is 10.5 Å². The predicted molar refractivity (Wildman–Crippen MR) is 85.4 cm³/mol. The Kier molecular flexibility index (Phi) is 5.37. The number of benzene rings is 1. The van der Waals surface area contributed by atoms with Crippen molar-refractivity contribution < 1.29 is 4.74 Å². The molecule has 5 nitrogen and oxygen atoms in total. The van der Waals surface area contributed by atoms with Crippen LogP contribution in [0.3, 0.4) is 0 Å². The molecule has 0 unspecified atom stereocenters. The van der Waals surface area contributed by atoms with Crippen LogP contribution >= 0.6 is 0 Å². The van der Waals surface area contributed by atoms with Gasteiger partial charge in [-0.15, -0.1) is 0 Å². The molecule has 0 bridgehead atoms. The Morgan fingerprint density at radius 3 is 2.67 bits per heavy atom. The molecule has 0 radical (unpaired) electrons. The average Bonchev–Trinajstić information content (AvgIpc) is 2.47. The molecule has 1 heterocycles. The Balaban J connectivity index is 2.12. The molecule has 0 aliphatic carbocycles. The number of nitrogens with zero attached hydrogens (tertiary/aromatic N) is 2. The maximum Gasteiger partial charge on any atom is 0.222 e. The molecule has 2 aromatic rings. The molecule has 2 rings (SSSR count). The van der Waals surface area contributed by atoms with Crippen LogP contribution in [-0.4, -0.2) is 16.5 Å². The van der Waals surface area contributed by atoms with Gasteiger partial charge in [-0.1, -0.05) is 43.7 Å². The third kappa shape index (κ3) is 4.34. The lowest BCUT2D eigenvalue weighted by Crippen LogP contribution is -2.10. The van der Waals surface area contributed by atoms with E-state index in [-0.39, 0.29) is 5.95 Å². The summed E-state index contributed by atoms with van der Waals surface area (Å²) in [4.78, 5) is 8.43. The maximum atomic E-state index is 5.90. The monoisotopic (exact) mass is 286 g/mol. The minimum atomic E-state index is 0.263. The zero-order valence-corrected chi connectivity index (χ0v) is 12.6. The van der Waals surface area contributed by atoms with Gasteiger partial charge in [-0.25, -0.2) is 4.98 Å². The van der Waals surface area contributed by atoms with Crippen molar-refractivity contribution in [3.63, 3.8) is 0 Å². The number of hydrogen-bond donors (Lipinski definition) is 2. The van der Waals surface area contributed by atoms with E-state index in [0.29, 0.717) is 18.2 Å². The molecule has 3 N–H and O–H groups in total. The molecule has 0 spiro atoms. The van der Waals surface area contributed by atoms with E-state index in [0.717, 1.165) is 30.6 Å². The molecule has 1 aromatic heterocycles. The van der Waals surface area contributed by atoms with E-state index < -0.39 is 0 Å². The fourth-order valence-electron chi connectivity index (χ4n) is 1.99. The fourth-order valence-corrected chi connectivity index (χ4v) is 1.99. The quantitative estimate of drug-likeness (QED) is 0.765. The number of anilines is 2. The highest BCUT2D eigenvalue weighted by Gasteiger charge is 2.12. The van der Waals surface area contributed by atoms with E-state index in [2.05, 4.69) is 22.2 Å². The summed E-state index contributed by atoms with van der Waals surface area (Å²) < 4.78 is 5.90. The van der Waals surface area contributed by atoms with Gasteiger partial charge in [0.25, 0.3) is 0 Å². The van der Waals surface area contributed by atoms with Crippen molar-refractivity contribution in [1.82, 2.24) is 9.97 Å². The molecule has 5 heteroatoms. The van der Waals surface area contributed by atoms with Gasteiger partial charge in [0, 0.05) is 6.54 Å². The van der Waals surface area contributed by atoms with Crippen LogP contribution in [0.5, 0.6) is 5.75 Å². The summed E-state index contributed by atoms with van der Waals surface area (Å²) in [5.41, 5.74) is 7.57. The highest BCUT2D eigenvalue weighted by Crippen LogP contribution is 2.27.